The van der Waals surface area contributed by atoms with Gasteiger partial charge >= 0.3 is 12.2 Å². The van der Waals surface area contributed by atoms with Crippen LogP contribution in [0.5, 0.6) is 11.9 Å². The van der Waals surface area contributed by atoms with Crippen LogP contribution in [0, 0.1) is 12.7 Å². The Balaban J connectivity index is 1.53. The van der Waals surface area contributed by atoms with Crippen molar-refractivity contribution in [2.24, 2.45) is 0 Å². The number of rotatable bonds is 8. The van der Waals surface area contributed by atoms with Crippen LogP contribution in [-0.2, 0) is 15.7 Å². The van der Waals surface area contributed by atoms with Crippen LogP contribution in [0.4, 0.5) is 33.6 Å². The number of pyridine rings is 2. The Bertz CT molecular complexity index is 1610. The molecule has 0 aliphatic carbocycles. The summed E-state index contributed by atoms with van der Waals surface area (Å²) in [6, 6.07) is 0.227. The van der Waals surface area contributed by atoms with Gasteiger partial charge in [-0.25, -0.2) is 18.7 Å². The van der Waals surface area contributed by atoms with Crippen molar-refractivity contribution in [2.45, 2.75) is 57.0 Å². The Morgan fingerprint density at radius 2 is 2.05 bits per heavy atom. The monoisotopic (exact) mass is 623 g/mol. The van der Waals surface area contributed by atoms with Gasteiger partial charge in [-0.1, -0.05) is 0 Å². The summed E-state index contributed by atoms with van der Waals surface area (Å²) in [6.45, 7) is 4.29. The van der Waals surface area contributed by atoms with Gasteiger partial charge in [0.15, 0.2) is 5.82 Å². The van der Waals surface area contributed by atoms with Crippen LogP contribution >= 0.6 is 0 Å². The number of nitrogens with two attached hydrogens (primary N) is 1. The van der Waals surface area contributed by atoms with Gasteiger partial charge < -0.3 is 24.8 Å². The van der Waals surface area contributed by atoms with Crippen molar-refractivity contribution in [3.05, 3.63) is 23.1 Å². The summed E-state index contributed by atoms with van der Waals surface area (Å²) in [4.78, 5) is 31.4. The number of halogens is 5. The van der Waals surface area contributed by atoms with E-state index in [-0.39, 0.29) is 74.7 Å². The lowest BCUT2D eigenvalue weighted by Gasteiger charge is -2.31. The minimum Gasteiger partial charge on any atom is -0.475 e. The second-order valence-corrected chi connectivity index (χ2v) is 11.4. The predicted octanol–water partition coefficient (Wildman–Crippen LogP) is 3.85. The third-order valence-corrected chi connectivity index (χ3v) is 8.49. The van der Waals surface area contributed by atoms with E-state index in [1.807, 2.05) is 4.90 Å². The molecule has 3 atom stereocenters. The molecule has 0 radical (unpaired) electrons. The van der Waals surface area contributed by atoms with Crippen molar-refractivity contribution < 1.29 is 41.0 Å². The van der Waals surface area contributed by atoms with Crippen LogP contribution < -0.4 is 20.1 Å². The Morgan fingerprint density at radius 1 is 1.25 bits per heavy atom. The topological polar surface area (TPSA) is 129 Å². The highest BCUT2D eigenvalue weighted by molar-refractivity contribution is 5.97. The lowest BCUT2D eigenvalue weighted by Crippen LogP contribution is -2.43. The number of hydrogen-bond donors (Lipinski definition) is 1. The molecule has 0 amide bonds. The third kappa shape index (κ3) is 5.18. The molecule has 0 unspecified atom stereocenters. The van der Waals surface area contributed by atoms with Gasteiger partial charge in [-0.05, 0) is 39.3 Å². The summed E-state index contributed by atoms with van der Waals surface area (Å²) >= 11 is 0. The minimum absolute atomic E-state index is 0.00621. The maximum atomic E-state index is 16.5. The Hall–Kier alpha value is -4.08. The number of fused-ring (bicyclic) bond motifs is 1. The van der Waals surface area contributed by atoms with E-state index >= 15 is 4.39 Å². The average molecular weight is 624 g/mol. The number of aromatic nitrogens is 4. The maximum Gasteiger partial charge on any atom is 0.418 e. The number of carbonyl (C=O) groups is 1. The highest BCUT2D eigenvalue weighted by Crippen LogP contribution is 2.45. The van der Waals surface area contributed by atoms with Crippen LogP contribution in [0.3, 0.4) is 0 Å². The SMILES string of the molecule is Cc1nc(N)cc(-c2nc3c4c(nc(OC[C@@]56CCCN5C[C@H](F)C6)nc4c2F)N(CCOC=O)[C@@H](C)CO3)c1C(F)(F)F. The number of nitrogen functional groups attached to an aromatic ring is 1. The summed E-state index contributed by atoms with van der Waals surface area (Å²) in [7, 11) is 0. The van der Waals surface area contributed by atoms with Crippen molar-refractivity contribution in [3.8, 4) is 23.1 Å². The summed E-state index contributed by atoms with van der Waals surface area (Å²) in [5, 5.41) is 0.00621. The number of alkyl halides is 4. The van der Waals surface area contributed by atoms with Gasteiger partial charge in [0, 0.05) is 18.5 Å². The van der Waals surface area contributed by atoms with Crippen LogP contribution in [0.25, 0.3) is 22.2 Å². The number of hydrogen-bond acceptors (Lipinski definition) is 11. The van der Waals surface area contributed by atoms with Gasteiger partial charge in [0.25, 0.3) is 6.47 Å². The van der Waals surface area contributed by atoms with E-state index in [0.29, 0.717) is 6.42 Å². The zero-order chi connectivity index (χ0) is 31.4. The molecule has 6 rings (SSSR count). The highest BCUT2D eigenvalue weighted by atomic mass is 19.4. The molecule has 3 aromatic rings. The molecule has 0 saturated carbocycles. The first-order chi connectivity index (χ1) is 20.9. The molecule has 6 heterocycles. The smallest absolute Gasteiger partial charge is 0.418 e. The molecule has 11 nitrogen and oxygen atoms in total. The summed E-state index contributed by atoms with van der Waals surface area (Å²) < 4.78 is 90.3. The first kappa shape index (κ1) is 30.0. The van der Waals surface area contributed by atoms with E-state index < -0.39 is 57.8 Å². The van der Waals surface area contributed by atoms with Crippen molar-refractivity contribution in [2.75, 3.05) is 50.1 Å². The molecule has 0 bridgehead atoms. The molecule has 44 heavy (non-hydrogen) atoms. The summed E-state index contributed by atoms with van der Waals surface area (Å²) in [5.41, 5.74) is 1.87. The van der Waals surface area contributed by atoms with Crippen molar-refractivity contribution in [1.29, 1.82) is 0 Å². The Morgan fingerprint density at radius 3 is 2.80 bits per heavy atom. The number of aryl methyl sites for hydroxylation is 1. The first-order valence-corrected chi connectivity index (χ1v) is 14.1. The van der Waals surface area contributed by atoms with Crippen LogP contribution in [0.2, 0.25) is 0 Å². The number of anilines is 2. The van der Waals surface area contributed by atoms with Gasteiger partial charge in [-0.15, -0.1) is 0 Å². The molecule has 0 aromatic carbocycles. The summed E-state index contributed by atoms with van der Waals surface area (Å²) in [6.07, 6.45) is -4.09. The lowest BCUT2D eigenvalue weighted by atomic mass is 9.95. The second kappa shape index (κ2) is 11.1. The fourth-order valence-corrected chi connectivity index (χ4v) is 6.57. The molecular weight excluding hydrogens is 593 g/mol. The lowest BCUT2D eigenvalue weighted by molar-refractivity contribution is -0.137. The van der Waals surface area contributed by atoms with Gasteiger partial charge in [0.2, 0.25) is 5.88 Å². The molecule has 3 aromatic heterocycles. The van der Waals surface area contributed by atoms with Gasteiger partial charge in [-0.3, -0.25) is 9.69 Å². The standard InChI is InChI=1S/C28H30F5N7O4/c1-14-11-43-25-19-23(21(30)22(36-25)17-8-18(34)35-15(2)20(17)28(31,32)33)37-26(38-24(19)40(14)6-7-42-13-41)44-12-27-4-3-5-39(27)10-16(29)9-27/h8,13-14,16H,3-7,9-12H2,1-2H3,(H2,34,35)/t14-,16+,27-/m0/s1. The largest absolute Gasteiger partial charge is 0.475 e. The molecule has 2 saturated heterocycles. The van der Waals surface area contributed by atoms with E-state index in [2.05, 4.69) is 19.9 Å². The molecule has 3 aliphatic rings. The maximum absolute atomic E-state index is 16.5. The molecular formula is C28H30F5N7O4. The fourth-order valence-electron chi connectivity index (χ4n) is 6.57. The number of carbonyl (C=O) groups excluding carboxylic acids is 1. The van der Waals surface area contributed by atoms with E-state index in [4.69, 9.17) is 19.9 Å². The average Bonchev–Trinajstić information content (AvgIpc) is 3.43. The van der Waals surface area contributed by atoms with Crippen LogP contribution in [0.1, 0.15) is 37.4 Å². The zero-order valence-corrected chi connectivity index (χ0v) is 24.0. The van der Waals surface area contributed by atoms with E-state index in [0.717, 1.165) is 26.0 Å². The predicted molar refractivity (Wildman–Crippen MR) is 148 cm³/mol. The van der Waals surface area contributed by atoms with Gasteiger partial charge in [-0.2, -0.15) is 23.1 Å². The molecule has 3 aliphatic heterocycles. The van der Waals surface area contributed by atoms with E-state index in [1.165, 1.54) is 0 Å². The Labute approximate surface area is 248 Å². The fraction of sp³-hybridized carbons (Fsp3) is 0.536. The van der Waals surface area contributed by atoms with E-state index in [9.17, 15) is 22.4 Å². The van der Waals surface area contributed by atoms with Gasteiger partial charge in [0.05, 0.1) is 29.4 Å². The Kier molecular flexibility index (Phi) is 7.58. The van der Waals surface area contributed by atoms with E-state index in [1.54, 1.807) is 11.8 Å². The number of ether oxygens (including phenoxy) is 3. The highest BCUT2D eigenvalue weighted by Gasteiger charge is 2.49. The minimum atomic E-state index is -4.91. The quantitative estimate of drug-likeness (QED) is 0.223. The van der Waals surface area contributed by atoms with Crippen LogP contribution in [-0.4, -0.2) is 88.5 Å². The van der Waals surface area contributed by atoms with Crippen molar-refractivity contribution >= 4 is 29.0 Å². The first-order valence-electron chi connectivity index (χ1n) is 14.1. The molecule has 2 N–H and O–H groups in total. The molecule has 16 heteroatoms. The number of nitrogens with zero attached hydrogens (tertiary/aromatic N) is 6. The van der Waals surface area contributed by atoms with Crippen molar-refractivity contribution in [3.63, 3.8) is 0 Å². The molecule has 236 valence electrons. The zero-order valence-electron chi connectivity index (χ0n) is 24.0. The second-order valence-electron chi connectivity index (χ2n) is 11.4. The van der Waals surface area contributed by atoms with Gasteiger partial charge in [0.1, 0.15) is 54.2 Å². The van der Waals surface area contributed by atoms with Crippen LogP contribution in [0.15, 0.2) is 6.07 Å². The molecule has 0 spiro atoms. The molecule has 2 fully saturated rings. The summed E-state index contributed by atoms with van der Waals surface area (Å²) in [5.74, 6) is -1.50. The normalized spacial score (nSPS) is 23.4. The third-order valence-electron chi connectivity index (χ3n) is 8.49. The van der Waals surface area contributed by atoms with Crippen molar-refractivity contribution in [1.82, 2.24) is 24.8 Å².